The molecule has 2 rings (SSSR count). The van der Waals surface area contributed by atoms with Crippen LogP contribution in [0.5, 0.6) is 5.75 Å². The van der Waals surface area contributed by atoms with E-state index in [-0.39, 0.29) is 27.1 Å². The molecule has 1 aromatic carbocycles. The molecule has 0 N–H and O–H groups in total. The van der Waals surface area contributed by atoms with E-state index in [1.165, 1.54) is 13.0 Å². The maximum atomic E-state index is 14.1. The molecule has 2 aromatic rings. The van der Waals surface area contributed by atoms with E-state index in [4.69, 9.17) is 49.0 Å². The Labute approximate surface area is 222 Å². The molecule has 13 heteroatoms. The van der Waals surface area contributed by atoms with Crippen molar-refractivity contribution < 1.29 is 33.0 Å². The molecule has 0 radical (unpaired) electrons. The summed E-state index contributed by atoms with van der Waals surface area (Å²) in [5.41, 5.74) is -2.30. The minimum Gasteiger partial charge on any atom is -0.482 e. The molecule has 0 saturated carbocycles. The SMILES string of the molecule is CC(Oc1cc(C(=O)Cl)nnc1N(C(=O)OC(C)(C)C)C(=O)OC(C)(C)C)c1c(Cl)ccc(F)c1Cl. The van der Waals surface area contributed by atoms with Crippen LogP contribution in [0.3, 0.4) is 0 Å². The van der Waals surface area contributed by atoms with Crippen molar-refractivity contribution in [1.29, 1.82) is 0 Å². The van der Waals surface area contributed by atoms with Crippen molar-refractivity contribution in [1.82, 2.24) is 10.2 Å². The Kier molecular flexibility index (Phi) is 9.15. The van der Waals surface area contributed by atoms with Crippen molar-refractivity contribution >= 4 is 58.0 Å². The van der Waals surface area contributed by atoms with Crippen LogP contribution in [0.2, 0.25) is 10.0 Å². The summed E-state index contributed by atoms with van der Waals surface area (Å²) in [6.07, 6.45) is -3.37. The lowest BCUT2D eigenvalue weighted by Crippen LogP contribution is -2.44. The average molecular weight is 565 g/mol. The van der Waals surface area contributed by atoms with Crippen molar-refractivity contribution in [2.75, 3.05) is 4.90 Å². The Morgan fingerprint density at radius 2 is 1.50 bits per heavy atom. The van der Waals surface area contributed by atoms with Crippen molar-refractivity contribution in [3.05, 3.63) is 45.3 Å². The number of ether oxygens (including phenoxy) is 3. The Morgan fingerprint density at radius 3 is 1.97 bits per heavy atom. The van der Waals surface area contributed by atoms with Crippen molar-refractivity contribution in [2.24, 2.45) is 0 Å². The number of rotatable bonds is 5. The maximum Gasteiger partial charge on any atom is 0.425 e. The Hall–Kier alpha value is -2.69. The highest BCUT2D eigenvalue weighted by atomic mass is 35.5. The van der Waals surface area contributed by atoms with E-state index in [9.17, 15) is 18.8 Å². The number of carbonyl (C=O) groups is 3. The lowest BCUT2D eigenvalue weighted by atomic mass is 10.1. The first-order valence-corrected chi connectivity index (χ1v) is 11.7. The van der Waals surface area contributed by atoms with E-state index in [0.29, 0.717) is 4.90 Å². The number of nitrogens with zero attached hydrogens (tertiary/aromatic N) is 3. The molecule has 36 heavy (non-hydrogen) atoms. The number of anilines is 1. The zero-order chi connectivity index (χ0) is 27.6. The van der Waals surface area contributed by atoms with Crippen molar-refractivity contribution in [3.8, 4) is 5.75 Å². The third-order valence-electron chi connectivity index (χ3n) is 4.10. The van der Waals surface area contributed by atoms with Crippen LogP contribution in [0.1, 0.15) is 70.6 Å². The van der Waals surface area contributed by atoms with Gasteiger partial charge in [0.15, 0.2) is 5.75 Å². The molecule has 0 aliphatic carbocycles. The zero-order valence-corrected chi connectivity index (χ0v) is 22.9. The predicted octanol–water partition coefficient (Wildman–Crippen LogP) is 7.12. The van der Waals surface area contributed by atoms with Crippen molar-refractivity contribution in [2.45, 2.75) is 65.8 Å². The monoisotopic (exact) mass is 563 g/mol. The number of aromatic nitrogens is 2. The van der Waals surface area contributed by atoms with Crippen LogP contribution in [0.15, 0.2) is 18.2 Å². The summed E-state index contributed by atoms with van der Waals surface area (Å²) in [7, 11) is 0. The van der Waals surface area contributed by atoms with Gasteiger partial charge in [-0.1, -0.05) is 23.2 Å². The summed E-state index contributed by atoms with van der Waals surface area (Å²) in [4.78, 5) is 38.3. The summed E-state index contributed by atoms with van der Waals surface area (Å²) < 4.78 is 30.7. The first-order chi connectivity index (χ1) is 16.4. The van der Waals surface area contributed by atoms with Gasteiger partial charge in [-0.05, 0) is 72.2 Å². The number of halogens is 4. The summed E-state index contributed by atoms with van der Waals surface area (Å²) in [6.45, 7) is 11.0. The molecule has 0 fully saturated rings. The minimum absolute atomic E-state index is 0.0703. The Balaban J connectivity index is 2.67. The second-order valence-electron chi connectivity index (χ2n) is 9.50. The fraction of sp³-hybridized carbons (Fsp3) is 0.435. The van der Waals surface area contributed by atoms with Crippen LogP contribution in [-0.2, 0) is 9.47 Å². The van der Waals surface area contributed by atoms with E-state index in [2.05, 4.69) is 10.2 Å². The van der Waals surface area contributed by atoms with Gasteiger partial charge in [-0.2, -0.15) is 4.90 Å². The lowest BCUT2D eigenvalue weighted by Gasteiger charge is -2.29. The highest BCUT2D eigenvalue weighted by Gasteiger charge is 2.37. The van der Waals surface area contributed by atoms with Crippen LogP contribution < -0.4 is 9.64 Å². The van der Waals surface area contributed by atoms with E-state index in [0.717, 1.165) is 12.1 Å². The molecule has 0 aliphatic heterocycles. The topological polar surface area (TPSA) is 108 Å². The summed E-state index contributed by atoms with van der Waals surface area (Å²) in [5.74, 6) is -1.54. The average Bonchev–Trinajstić information content (AvgIpc) is 2.69. The van der Waals surface area contributed by atoms with Gasteiger partial charge in [0.05, 0.1) is 5.02 Å². The van der Waals surface area contributed by atoms with Crippen LogP contribution in [0.4, 0.5) is 19.8 Å². The van der Waals surface area contributed by atoms with Crippen LogP contribution in [-0.4, -0.2) is 38.8 Å². The van der Waals surface area contributed by atoms with E-state index < -0.39 is 46.4 Å². The van der Waals surface area contributed by atoms with Gasteiger partial charge in [-0.15, -0.1) is 10.2 Å². The zero-order valence-electron chi connectivity index (χ0n) is 20.6. The third-order valence-corrected chi connectivity index (χ3v) is 5.00. The number of benzene rings is 1. The highest BCUT2D eigenvalue weighted by Crippen LogP contribution is 2.38. The molecule has 1 atom stereocenters. The minimum atomic E-state index is -1.16. The number of carbonyl (C=O) groups excluding carboxylic acids is 3. The van der Waals surface area contributed by atoms with Gasteiger partial charge in [0.2, 0.25) is 5.82 Å². The molecule has 1 aromatic heterocycles. The second kappa shape index (κ2) is 11.1. The maximum absolute atomic E-state index is 14.1. The van der Waals surface area contributed by atoms with Gasteiger partial charge >= 0.3 is 12.2 Å². The van der Waals surface area contributed by atoms with Gasteiger partial charge in [-0.25, -0.2) is 14.0 Å². The molecule has 0 spiro atoms. The Morgan fingerprint density at radius 1 is 0.972 bits per heavy atom. The highest BCUT2D eigenvalue weighted by molar-refractivity contribution is 6.67. The summed E-state index contributed by atoms with van der Waals surface area (Å²) in [6, 6.07) is 3.42. The van der Waals surface area contributed by atoms with E-state index in [1.807, 2.05) is 0 Å². The first-order valence-electron chi connectivity index (χ1n) is 10.5. The fourth-order valence-corrected chi connectivity index (χ4v) is 3.50. The molecular formula is C23H25Cl3FN3O6. The normalized spacial score (nSPS) is 12.5. The molecule has 0 saturated heterocycles. The lowest BCUT2D eigenvalue weighted by molar-refractivity contribution is 0.0425. The number of hydrogen-bond donors (Lipinski definition) is 0. The quantitative estimate of drug-likeness (QED) is 0.279. The van der Waals surface area contributed by atoms with Gasteiger partial charge in [-0.3, -0.25) is 4.79 Å². The third kappa shape index (κ3) is 7.65. The molecular weight excluding hydrogens is 540 g/mol. The molecule has 0 bridgehead atoms. The van der Waals surface area contributed by atoms with Gasteiger partial charge in [0, 0.05) is 16.7 Å². The van der Waals surface area contributed by atoms with Crippen LogP contribution in [0, 0.1) is 5.82 Å². The molecule has 1 unspecified atom stereocenters. The fourth-order valence-electron chi connectivity index (χ4n) is 2.73. The Bertz CT molecular complexity index is 1150. The van der Waals surface area contributed by atoms with Crippen LogP contribution >= 0.6 is 34.8 Å². The first kappa shape index (κ1) is 29.5. The van der Waals surface area contributed by atoms with Crippen LogP contribution in [0.25, 0.3) is 0 Å². The van der Waals surface area contributed by atoms with E-state index >= 15 is 0 Å². The largest absolute Gasteiger partial charge is 0.482 e. The van der Waals surface area contributed by atoms with Gasteiger partial charge in [0.1, 0.15) is 28.8 Å². The summed E-state index contributed by atoms with van der Waals surface area (Å²) in [5, 5.41) is 6.27. The molecule has 1 heterocycles. The van der Waals surface area contributed by atoms with E-state index in [1.54, 1.807) is 41.5 Å². The number of imide groups is 1. The molecule has 0 aliphatic rings. The molecule has 196 valence electrons. The predicted molar refractivity (Wildman–Crippen MR) is 133 cm³/mol. The number of hydrogen-bond acceptors (Lipinski definition) is 8. The standard InChI is InChI=1S/C23H25Cl3FN3O6/c1-11(16-12(24)8-9-13(27)17(16)25)34-15-10-14(18(26)31)28-29-19(15)30(20(32)35-22(2,3)4)21(33)36-23(5,6)7/h8-11H,1-7H3. The number of amides is 2. The van der Waals surface area contributed by atoms with Gasteiger partial charge < -0.3 is 14.2 Å². The van der Waals surface area contributed by atoms with Crippen molar-refractivity contribution in [3.63, 3.8) is 0 Å². The van der Waals surface area contributed by atoms with Gasteiger partial charge in [0.25, 0.3) is 5.24 Å². The summed E-state index contributed by atoms with van der Waals surface area (Å²) >= 11 is 17.8. The smallest absolute Gasteiger partial charge is 0.425 e. The second-order valence-corrected chi connectivity index (χ2v) is 10.6. The molecule has 9 nitrogen and oxygen atoms in total. The molecule has 2 amide bonds.